The summed E-state index contributed by atoms with van der Waals surface area (Å²) in [6, 6.07) is 13.3. The van der Waals surface area contributed by atoms with Crippen molar-refractivity contribution in [1.29, 1.82) is 0 Å². The van der Waals surface area contributed by atoms with Gasteiger partial charge in [-0.15, -0.1) is 11.3 Å². The zero-order valence-electron chi connectivity index (χ0n) is 17.3. The molecule has 0 radical (unpaired) electrons. The highest BCUT2D eigenvalue weighted by Crippen LogP contribution is 2.30. The molecule has 9 heteroatoms. The average Bonchev–Trinajstić information content (AvgIpc) is 3.20. The van der Waals surface area contributed by atoms with Gasteiger partial charge in [-0.1, -0.05) is 30.3 Å². The van der Waals surface area contributed by atoms with Crippen molar-refractivity contribution >= 4 is 40.0 Å². The molecule has 1 heterocycles. The van der Waals surface area contributed by atoms with E-state index in [2.05, 4.69) is 10.3 Å². The Morgan fingerprint density at radius 2 is 1.75 bits per heavy atom. The number of carbonyl (C=O) groups is 2. The maximum absolute atomic E-state index is 12.7. The van der Waals surface area contributed by atoms with Gasteiger partial charge in [-0.3, -0.25) is 14.5 Å². The minimum absolute atomic E-state index is 0.191. The summed E-state index contributed by atoms with van der Waals surface area (Å²) >= 11 is 1.27. The second-order valence-corrected chi connectivity index (χ2v) is 7.76. The van der Waals surface area contributed by atoms with Crippen molar-refractivity contribution in [2.24, 2.45) is 0 Å². The van der Waals surface area contributed by atoms with Crippen LogP contribution in [0.2, 0.25) is 0 Å². The predicted octanol–water partition coefficient (Wildman–Crippen LogP) is 5.74. The summed E-state index contributed by atoms with van der Waals surface area (Å²) in [5.41, 5.74) is 1.00. The first-order valence-electron chi connectivity index (χ1n) is 9.62. The smallest absolute Gasteiger partial charge is 0.346 e. The van der Waals surface area contributed by atoms with Crippen LogP contribution < -0.4 is 10.2 Å². The highest BCUT2D eigenvalue weighted by Gasteiger charge is 2.30. The number of nitrogens with zero attached hydrogens (tertiary/aromatic N) is 2. The molecule has 166 valence electrons. The van der Waals surface area contributed by atoms with Gasteiger partial charge >= 0.3 is 6.18 Å². The summed E-state index contributed by atoms with van der Waals surface area (Å²) < 4.78 is 38.0. The van der Waals surface area contributed by atoms with Crippen molar-refractivity contribution in [2.45, 2.75) is 26.1 Å². The largest absolute Gasteiger partial charge is 0.416 e. The number of halogens is 3. The molecule has 32 heavy (non-hydrogen) atoms. The zero-order chi connectivity index (χ0) is 23.3. The monoisotopic (exact) mass is 459 g/mol. The number of carbonyl (C=O) groups excluding carboxylic acids is 2. The molecule has 2 amide bonds. The third-order valence-corrected chi connectivity index (χ3v) is 5.38. The van der Waals surface area contributed by atoms with Crippen molar-refractivity contribution in [3.63, 3.8) is 0 Å². The molecule has 2 aromatic carbocycles. The van der Waals surface area contributed by atoms with E-state index in [4.69, 9.17) is 0 Å². The number of amides is 2. The lowest BCUT2D eigenvalue weighted by Gasteiger charge is -2.17. The molecule has 0 saturated heterocycles. The van der Waals surface area contributed by atoms with Gasteiger partial charge in [0.05, 0.1) is 23.0 Å². The van der Waals surface area contributed by atoms with Gasteiger partial charge in [-0.05, 0) is 42.8 Å². The van der Waals surface area contributed by atoms with Gasteiger partial charge in [0, 0.05) is 18.4 Å². The first-order chi connectivity index (χ1) is 15.1. The van der Waals surface area contributed by atoms with Gasteiger partial charge in [0.1, 0.15) is 0 Å². The fraction of sp³-hybridized carbons (Fsp3) is 0.174. The van der Waals surface area contributed by atoms with E-state index in [0.717, 1.165) is 12.1 Å². The maximum atomic E-state index is 12.7. The number of benzene rings is 2. The summed E-state index contributed by atoms with van der Waals surface area (Å²) in [7, 11) is 0. The molecule has 0 aliphatic carbocycles. The molecule has 1 atom stereocenters. The minimum atomic E-state index is -4.40. The Morgan fingerprint density at radius 3 is 2.34 bits per heavy atom. The van der Waals surface area contributed by atoms with Crippen LogP contribution in [0.3, 0.4) is 0 Å². The van der Waals surface area contributed by atoms with E-state index in [1.165, 1.54) is 47.4 Å². The molecule has 5 nitrogen and oxygen atoms in total. The number of alkyl halides is 3. The number of thiazole rings is 1. The van der Waals surface area contributed by atoms with E-state index < -0.39 is 23.7 Å². The van der Waals surface area contributed by atoms with Gasteiger partial charge in [0.15, 0.2) is 5.13 Å². The number of hydrogen-bond acceptors (Lipinski definition) is 4. The van der Waals surface area contributed by atoms with Gasteiger partial charge in [0.2, 0.25) is 11.8 Å². The standard InChI is InChI=1S/C23H20F3N3O2S/c1-15(17-8-10-18(11-9-17)23(24,25)26)27-21(31)13-12-19-14-32-22(28-19)29(16(2)30)20-6-4-3-5-7-20/h3-15H,1-2H3,(H,27,31)/b13-12+. The first-order valence-corrected chi connectivity index (χ1v) is 10.5. The number of aromatic nitrogens is 1. The average molecular weight is 459 g/mol. The molecule has 0 fully saturated rings. The zero-order valence-corrected chi connectivity index (χ0v) is 18.1. The summed E-state index contributed by atoms with van der Waals surface area (Å²) in [4.78, 5) is 30.2. The lowest BCUT2D eigenvalue weighted by atomic mass is 10.1. The van der Waals surface area contributed by atoms with Crippen LogP contribution in [-0.2, 0) is 15.8 Å². The predicted molar refractivity (Wildman–Crippen MR) is 118 cm³/mol. The number of anilines is 2. The van der Waals surface area contributed by atoms with Crippen LogP contribution in [-0.4, -0.2) is 16.8 Å². The second-order valence-electron chi connectivity index (χ2n) is 6.93. The number of rotatable bonds is 6. The Hall–Kier alpha value is -3.46. The van der Waals surface area contributed by atoms with Crippen molar-refractivity contribution in [1.82, 2.24) is 10.3 Å². The van der Waals surface area contributed by atoms with Crippen LogP contribution in [0.25, 0.3) is 6.08 Å². The Balaban J connectivity index is 1.65. The fourth-order valence-electron chi connectivity index (χ4n) is 2.93. The lowest BCUT2D eigenvalue weighted by Crippen LogP contribution is -2.24. The van der Waals surface area contributed by atoms with Crippen molar-refractivity contribution in [3.8, 4) is 0 Å². The van der Waals surface area contributed by atoms with Gasteiger partial charge in [0.25, 0.3) is 0 Å². The summed E-state index contributed by atoms with van der Waals surface area (Å²) in [5, 5.41) is 4.90. The van der Waals surface area contributed by atoms with Crippen LogP contribution >= 0.6 is 11.3 Å². The van der Waals surface area contributed by atoms with Crippen molar-refractivity contribution in [2.75, 3.05) is 4.90 Å². The second kappa shape index (κ2) is 9.78. The van der Waals surface area contributed by atoms with Crippen molar-refractivity contribution < 1.29 is 22.8 Å². The molecule has 1 unspecified atom stereocenters. The quantitative estimate of drug-likeness (QED) is 0.479. The van der Waals surface area contributed by atoms with Gasteiger partial charge in [-0.2, -0.15) is 13.2 Å². The molecular weight excluding hydrogens is 439 g/mol. The van der Waals surface area contributed by atoms with E-state index in [0.29, 0.717) is 22.1 Å². The van der Waals surface area contributed by atoms with Crippen LogP contribution in [0.1, 0.15) is 36.7 Å². The van der Waals surface area contributed by atoms with E-state index in [1.54, 1.807) is 24.4 Å². The van der Waals surface area contributed by atoms with E-state index in [9.17, 15) is 22.8 Å². The van der Waals surface area contributed by atoms with Crippen LogP contribution in [0.15, 0.2) is 66.1 Å². The third-order valence-electron chi connectivity index (χ3n) is 4.53. The molecule has 3 rings (SSSR count). The van der Waals surface area contributed by atoms with Crippen LogP contribution in [0.5, 0.6) is 0 Å². The van der Waals surface area contributed by atoms with Gasteiger partial charge < -0.3 is 5.32 Å². The Bertz CT molecular complexity index is 1110. The molecule has 0 spiro atoms. The highest BCUT2D eigenvalue weighted by atomic mass is 32.1. The molecule has 1 aromatic heterocycles. The molecule has 3 aromatic rings. The molecule has 0 aliphatic rings. The van der Waals surface area contributed by atoms with E-state index >= 15 is 0 Å². The molecular formula is C23H20F3N3O2S. The van der Waals surface area contributed by atoms with Crippen LogP contribution in [0.4, 0.5) is 24.0 Å². The minimum Gasteiger partial charge on any atom is -0.346 e. The molecule has 0 saturated carbocycles. The van der Waals surface area contributed by atoms with E-state index in [1.807, 2.05) is 18.2 Å². The highest BCUT2D eigenvalue weighted by molar-refractivity contribution is 7.14. The van der Waals surface area contributed by atoms with Crippen molar-refractivity contribution in [3.05, 3.63) is 82.9 Å². The summed E-state index contributed by atoms with van der Waals surface area (Å²) in [6.07, 6.45) is -1.60. The topological polar surface area (TPSA) is 62.3 Å². The third kappa shape index (κ3) is 5.82. The number of para-hydroxylation sites is 1. The van der Waals surface area contributed by atoms with Crippen LogP contribution in [0, 0.1) is 0 Å². The Kier molecular flexibility index (Phi) is 7.09. The summed E-state index contributed by atoms with van der Waals surface area (Å²) in [5.74, 6) is -0.609. The molecule has 0 bridgehead atoms. The maximum Gasteiger partial charge on any atom is 0.416 e. The lowest BCUT2D eigenvalue weighted by molar-refractivity contribution is -0.137. The first kappa shape index (κ1) is 23.2. The van der Waals surface area contributed by atoms with E-state index in [-0.39, 0.29) is 5.91 Å². The summed E-state index contributed by atoms with van der Waals surface area (Å²) in [6.45, 7) is 3.12. The Morgan fingerprint density at radius 1 is 1.09 bits per heavy atom. The molecule has 1 N–H and O–H groups in total. The number of hydrogen-bond donors (Lipinski definition) is 1. The fourth-order valence-corrected chi connectivity index (χ4v) is 3.78. The normalized spacial score (nSPS) is 12.5. The number of nitrogens with one attached hydrogen (secondary N) is 1. The van der Waals surface area contributed by atoms with Gasteiger partial charge in [-0.25, -0.2) is 4.98 Å². The molecule has 0 aliphatic heterocycles. The SMILES string of the molecule is CC(=O)N(c1ccccc1)c1nc(/C=C/C(=O)NC(C)c2ccc(C(F)(F)F)cc2)cs1. The Labute approximate surface area is 187 Å².